The summed E-state index contributed by atoms with van der Waals surface area (Å²) >= 11 is 1.14. The zero-order valence-corrected chi connectivity index (χ0v) is 15.9. The van der Waals surface area contributed by atoms with Crippen LogP contribution in [0.5, 0.6) is 11.5 Å². The molecule has 0 atom stereocenters. The van der Waals surface area contributed by atoms with Crippen molar-refractivity contribution in [3.8, 4) is 22.9 Å². The van der Waals surface area contributed by atoms with Crippen molar-refractivity contribution >= 4 is 23.2 Å². The largest absolute Gasteiger partial charge is 0.497 e. The Bertz CT molecular complexity index is 998. The molecule has 1 heterocycles. The van der Waals surface area contributed by atoms with E-state index in [4.69, 9.17) is 9.47 Å². The number of non-ortho nitro benzene ring substituents is 1. The summed E-state index contributed by atoms with van der Waals surface area (Å²) in [5.41, 5.74) is 0.874. The standard InChI is InChI=1S/C18H16N4O5S/c1-26-14-7-12(8-15(9-14)27-2)17-19-18(21-20-17)28-10-16(23)11-4-3-5-13(6-11)22(24)25/h3-9H,10H2,1-2H3,(H,19,20,21). The number of hydrogen-bond donors (Lipinski definition) is 1. The highest BCUT2D eigenvalue weighted by atomic mass is 32.2. The van der Waals surface area contributed by atoms with Crippen LogP contribution in [0.2, 0.25) is 0 Å². The van der Waals surface area contributed by atoms with Gasteiger partial charge in [-0.3, -0.25) is 20.0 Å². The van der Waals surface area contributed by atoms with E-state index in [2.05, 4.69) is 15.2 Å². The van der Waals surface area contributed by atoms with E-state index in [0.29, 0.717) is 22.5 Å². The number of H-pyrrole nitrogens is 1. The van der Waals surface area contributed by atoms with Crippen molar-refractivity contribution in [1.29, 1.82) is 0 Å². The third kappa shape index (κ3) is 4.46. The molecular weight excluding hydrogens is 384 g/mol. The van der Waals surface area contributed by atoms with Crippen LogP contribution in [0.25, 0.3) is 11.4 Å². The number of ether oxygens (including phenoxy) is 2. The minimum Gasteiger partial charge on any atom is -0.497 e. The van der Waals surface area contributed by atoms with E-state index >= 15 is 0 Å². The number of nitrogens with zero attached hydrogens (tertiary/aromatic N) is 3. The van der Waals surface area contributed by atoms with Gasteiger partial charge in [-0.15, -0.1) is 5.10 Å². The summed E-state index contributed by atoms with van der Waals surface area (Å²) in [5.74, 6) is 1.53. The van der Waals surface area contributed by atoms with Crippen molar-refractivity contribution in [3.05, 3.63) is 58.1 Å². The number of Topliss-reactive ketones (excluding diaryl/α,β-unsaturated/α-hetero) is 1. The van der Waals surface area contributed by atoms with E-state index in [0.717, 1.165) is 17.3 Å². The van der Waals surface area contributed by atoms with E-state index < -0.39 is 4.92 Å². The summed E-state index contributed by atoms with van der Waals surface area (Å²) in [6.07, 6.45) is 0. The van der Waals surface area contributed by atoms with Crippen LogP contribution < -0.4 is 9.47 Å². The molecule has 0 spiro atoms. The highest BCUT2D eigenvalue weighted by Crippen LogP contribution is 2.29. The maximum atomic E-state index is 12.3. The third-order valence-corrected chi connectivity index (χ3v) is 4.65. The van der Waals surface area contributed by atoms with Gasteiger partial charge in [-0.25, -0.2) is 4.98 Å². The number of aromatic amines is 1. The fourth-order valence-corrected chi connectivity index (χ4v) is 3.08. The molecule has 0 fully saturated rings. The van der Waals surface area contributed by atoms with Gasteiger partial charge in [0.25, 0.3) is 5.69 Å². The Kier molecular flexibility index (Phi) is 5.90. The van der Waals surface area contributed by atoms with Crippen LogP contribution in [-0.2, 0) is 0 Å². The lowest BCUT2D eigenvalue weighted by atomic mass is 10.1. The molecule has 10 heteroatoms. The predicted octanol–water partition coefficient (Wildman–Crippen LogP) is 3.37. The van der Waals surface area contributed by atoms with Crippen LogP contribution >= 0.6 is 11.8 Å². The molecule has 1 N–H and O–H groups in total. The number of nitro benzene ring substituents is 1. The number of benzene rings is 2. The maximum Gasteiger partial charge on any atom is 0.270 e. The summed E-state index contributed by atoms with van der Waals surface area (Å²) in [4.78, 5) is 27.0. The number of carbonyl (C=O) groups is 1. The number of nitro groups is 1. The second-order valence-electron chi connectivity index (χ2n) is 5.59. The lowest BCUT2D eigenvalue weighted by Crippen LogP contribution is -2.03. The second kappa shape index (κ2) is 8.53. The van der Waals surface area contributed by atoms with Gasteiger partial charge in [-0.05, 0) is 12.1 Å². The van der Waals surface area contributed by atoms with Crippen LogP contribution in [-0.4, -0.2) is 45.9 Å². The minimum absolute atomic E-state index is 0.0554. The van der Waals surface area contributed by atoms with Gasteiger partial charge >= 0.3 is 0 Å². The lowest BCUT2D eigenvalue weighted by molar-refractivity contribution is -0.384. The summed E-state index contributed by atoms with van der Waals surface area (Å²) in [6, 6.07) is 10.9. The van der Waals surface area contributed by atoms with Crippen molar-refractivity contribution in [1.82, 2.24) is 15.2 Å². The Morgan fingerprint density at radius 1 is 1.18 bits per heavy atom. The van der Waals surface area contributed by atoms with Crippen LogP contribution in [0.15, 0.2) is 47.6 Å². The quantitative estimate of drug-likeness (QED) is 0.264. The van der Waals surface area contributed by atoms with Crippen LogP contribution in [0.1, 0.15) is 10.4 Å². The normalized spacial score (nSPS) is 10.5. The number of carbonyl (C=O) groups excluding carboxylic acids is 1. The van der Waals surface area contributed by atoms with E-state index in [1.165, 1.54) is 18.2 Å². The zero-order chi connectivity index (χ0) is 20.1. The molecule has 144 valence electrons. The first-order valence-corrected chi connectivity index (χ1v) is 9.05. The highest BCUT2D eigenvalue weighted by Gasteiger charge is 2.14. The summed E-state index contributed by atoms with van der Waals surface area (Å²) in [7, 11) is 3.11. The van der Waals surface area contributed by atoms with E-state index in [9.17, 15) is 14.9 Å². The Balaban J connectivity index is 1.71. The van der Waals surface area contributed by atoms with Gasteiger partial charge in [0.15, 0.2) is 11.6 Å². The Hall–Kier alpha value is -3.40. The second-order valence-corrected chi connectivity index (χ2v) is 6.53. The van der Waals surface area contributed by atoms with E-state index in [-0.39, 0.29) is 22.8 Å². The number of thioether (sulfide) groups is 1. The molecule has 0 saturated carbocycles. The average molecular weight is 400 g/mol. The van der Waals surface area contributed by atoms with Gasteiger partial charge in [0.05, 0.1) is 24.9 Å². The summed E-state index contributed by atoms with van der Waals surface area (Å²) < 4.78 is 10.5. The minimum atomic E-state index is -0.534. The van der Waals surface area contributed by atoms with Gasteiger partial charge in [-0.2, -0.15) is 0 Å². The number of methoxy groups -OCH3 is 2. The molecule has 9 nitrogen and oxygen atoms in total. The van der Waals surface area contributed by atoms with Gasteiger partial charge in [0, 0.05) is 29.3 Å². The van der Waals surface area contributed by atoms with Crippen molar-refractivity contribution in [2.45, 2.75) is 5.16 Å². The first-order valence-electron chi connectivity index (χ1n) is 8.06. The molecule has 28 heavy (non-hydrogen) atoms. The molecule has 0 bridgehead atoms. The lowest BCUT2D eigenvalue weighted by Gasteiger charge is -2.06. The summed E-state index contributed by atoms with van der Waals surface area (Å²) in [6.45, 7) is 0. The fraction of sp³-hybridized carbons (Fsp3) is 0.167. The number of rotatable bonds is 8. The molecule has 3 aromatic rings. The van der Waals surface area contributed by atoms with Crippen LogP contribution in [0.4, 0.5) is 5.69 Å². The molecule has 0 unspecified atom stereocenters. The van der Waals surface area contributed by atoms with Crippen molar-refractivity contribution in [3.63, 3.8) is 0 Å². The van der Waals surface area contributed by atoms with E-state index in [1.807, 2.05) is 0 Å². The van der Waals surface area contributed by atoms with Crippen molar-refractivity contribution in [2.75, 3.05) is 20.0 Å². The smallest absolute Gasteiger partial charge is 0.270 e. The van der Waals surface area contributed by atoms with Gasteiger partial charge < -0.3 is 9.47 Å². The number of hydrogen-bond acceptors (Lipinski definition) is 8. The first-order chi connectivity index (χ1) is 13.5. The maximum absolute atomic E-state index is 12.3. The number of ketones is 1. The number of aromatic nitrogens is 3. The molecule has 0 aliphatic carbocycles. The van der Waals surface area contributed by atoms with Crippen molar-refractivity contribution < 1.29 is 19.2 Å². The predicted molar refractivity (Wildman–Crippen MR) is 103 cm³/mol. The number of nitrogens with one attached hydrogen (secondary N) is 1. The van der Waals surface area contributed by atoms with Crippen molar-refractivity contribution in [2.24, 2.45) is 0 Å². The molecule has 1 aromatic heterocycles. The Labute approximate surface area is 164 Å². The van der Waals surface area contributed by atoms with Gasteiger partial charge in [-0.1, -0.05) is 23.9 Å². The van der Waals surface area contributed by atoms with Gasteiger partial charge in [0.1, 0.15) is 11.5 Å². The SMILES string of the molecule is COc1cc(OC)cc(-c2nc(SCC(=O)c3cccc([N+](=O)[O-])c3)n[nH]2)c1. The monoisotopic (exact) mass is 400 g/mol. The molecule has 2 aromatic carbocycles. The molecular formula is C18H16N4O5S. The highest BCUT2D eigenvalue weighted by molar-refractivity contribution is 7.99. The Morgan fingerprint density at radius 3 is 2.54 bits per heavy atom. The molecule has 0 aliphatic rings. The van der Waals surface area contributed by atoms with E-state index in [1.54, 1.807) is 38.5 Å². The fourth-order valence-electron chi connectivity index (χ4n) is 2.39. The topological polar surface area (TPSA) is 120 Å². The first kappa shape index (κ1) is 19.4. The molecule has 0 saturated heterocycles. The van der Waals surface area contributed by atoms with Gasteiger partial charge in [0.2, 0.25) is 5.16 Å². The zero-order valence-electron chi connectivity index (χ0n) is 15.0. The average Bonchev–Trinajstić information content (AvgIpc) is 3.20. The summed E-state index contributed by atoms with van der Waals surface area (Å²) in [5, 5.41) is 18.1. The van der Waals surface area contributed by atoms with Crippen LogP contribution in [0.3, 0.4) is 0 Å². The Morgan fingerprint density at radius 2 is 1.89 bits per heavy atom. The molecule has 0 radical (unpaired) electrons. The molecule has 0 aliphatic heterocycles. The third-order valence-electron chi connectivity index (χ3n) is 3.80. The van der Waals surface area contributed by atoms with Crippen LogP contribution in [0, 0.1) is 10.1 Å². The molecule has 0 amide bonds. The molecule has 3 rings (SSSR count).